The van der Waals surface area contributed by atoms with E-state index in [1.165, 1.54) is 10.5 Å². The number of hydrogen-bond acceptors (Lipinski definition) is 2. The number of anilines is 2. The van der Waals surface area contributed by atoms with Crippen molar-refractivity contribution in [3.05, 3.63) is 54.4 Å². The summed E-state index contributed by atoms with van der Waals surface area (Å²) in [6, 6.07) is 11.4. The lowest BCUT2D eigenvalue weighted by atomic mass is 10.2. The fraction of sp³-hybridized carbons (Fsp3) is 0.235. The molecule has 2 amide bonds. The molecule has 0 bridgehead atoms. The lowest BCUT2D eigenvalue weighted by Gasteiger charge is -2.28. The molecule has 1 aromatic heterocycles. The van der Waals surface area contributed by atoms with Crippen molar-refractivity contribution in [1.82, 2.24) is 0 Å². The van der Waals surface area contributed by atoms with E-state index in [1.54, 1.807) is 6.07 Å². The highest BCUT2D eigenvalue weighted by molar-refractivity contribution is 6.09. The summed E-state index contributed by atoms with van der Waals surface area (Å²) in [7, 11) is 0. The first-order valence-corrected chi connectivity index (χ1v) is 7.34. The van der Waals surface area contributed by atoms with Crippen LogP contribution >= 0.6 is 0 Å². The Morgan fingerprint density at radius 2 is 1.95 bits per heavy atom. The van der Waals surface area contributed by atoms with Crippen molar-refractivity contribution in [3.8, 4) is 0 Å². The molecular weight excluding hydrogens is 278 g/mol. The summed E-state index contributed by atoms with van der Waals surface area (Å²) < 4.78 is 1.83. The summed E-state index contributed by atoms with van der Waals surface area (Å²) in [5.74, 6) is -0.269. The van der Waals surface area contributed by atoms with E-state index in [-0.39, 0.29) is 24.9 Å². The van der Waals surface area contributed by atoms with Crippen LogP contribution in [0.2, 0.25) is 0 Å². The molecule has 2 aromatic rings. The Morgan fingerprint density at radius 1 is 1.23 bits per heavy atom. The SMILES string of the molecule is CCc1cc[n+](CC(=O)N2CC(=O)Nc3ccccc32)cc1. The van der Waals surface area contributed by atoms with Crippen LogP contribution in [0.25, 0.3) is 0 Å². The van der Waals surface area contributed by atoms with Gasteiger partial charge in [0.2, 0.25) is 12.5 Å². The second-order valence-electron chi connectivity index (χ2n) is 5.28. The van der Waals surface area contributed by atoms with Gasteiger partial charge < -0.3 is 5.32 Å². The highest BCUT2D eigenvalue weighted by atomic mass is 16.2. The molecule has 0 aliphatic carbocycles. The van der Waals surface area contributed by atoms with E-state index in [1.807, 2.05) is 47.3 Å². The number of aryl methyl sites for hydroxylation is 1. The van der Waals surface area contributed by atoms with Crippen molar-refractivity contribution in [1.29, 1.82) is 0 Å². The minimum absolute atomic E-state index is 0.0590. The maximum absolute atomic E-state index is 12.6. The number of benzene rings is 1. The fourth-order valence-electron chi connectivity index (χ4n) is 2.53. The van der Waals surface area contributed by atoms with Crippen molar-refractivity contribution in [2.24, 2.45) is 0 Å². The van der Waals surface area contributed by atoms with Crippen molar-refractivity contribution < 1.29 is 14.2 Å². The first-order valence-electron chi connectivity index (χ1n) is 7.34. The van der Waals surface area contributed by atoms with Crippen molar-refractivity contribution in [2.45, 2.75) is 19.9 Å². The highest BCUT2D eigenvalue weighted by Gasteiger charge is 2.28. The van der Waals surface area contributed by atoms with E-state index < -0.39 is 0 Å². The van der Waals surface area contributed by atoms with Gasteiger partial charge in [-0.25, -0.2) is 0 Å². The molecule has 1 aromatic carbocycles. The Morgan fingerprint density at radius 3 is 2.68 bits per heavy atom. The first kappa shape index (κ1) is 14.3. The molecule has 5 heteroatoms. The van der Waals surface area contributed by atoms with Crippen LogP contribution in [-0.2, 0) is 22.6 Å². The van der Waals surface area contributed by atoms with Crippen LogP contribution in [0.4, 0.5) is 11.4 Å². The zero-order chi connectivity index (χ0) is 15.5. The van der Waals surface area contributed by atoms with Crippen LogP contribution in [0.5, 0.6) is 0 Å². The smallest absolute Gasteiger partial charge is 0.293 e. The van der Waals surface area contributed by atoms with E-state index in [0.29, 0.717) is 5.69 Å². The number of nitrogens with one attached hydrogen (secondary N) is 1. The van der Waals surface area contributed by atoms with E-state index in [4.69, 9.17) is 0 Å². The Balaban J connectivity index is 1.81. The van der Waals surface area contributed by atoms with Crippen molar-refractivity contribution >= 4 is 23.2 Å². The monoisotopic (exact) mass is 296 g/mol. The minimum Gasteiger partial charge on any atom is -0.323 e. The lowest BCUT2D eigenvalue weighted by molar-refractivity contribution is -0.684. The standard InChI is InChI=1S/C17H17N3O2/c1-2-13-7-9-19(10-8-13)12-17(22)20-11-16(21)18-14-5-3-4-6-15(14)20/h3-10H,2,11-12H2,1H3/p+1. The second kappa shape index (κ2) is 5.97. The quantitative estimate of drug-likeness (QED) is 0.873. The topological polar surface area (TPSA) is 53.3 Å². The molecule has 3 rings (SSSR count). The molecule has 5 nitrogen and oxygen atoms in total. The van der Waals surface area contributed by atoms with Gasteiger partial charge in [-0.15, -0.1) is 0 Å². The number of nitrogens with zero attached hydrogens (tertiary/aromatic N) is 2. The summed E-state index contributed by atoms with van der Waals surface area (Å²) in [6.45, 7) is 2.36. The molecule has 0 radical (unpaired) electrons. The van der Waals surface area contributed by atoms with Crippen molar-refractivity contribution in [3.63, 3.8) is 0 Å². The normalized spacial score (nSPS) is 13.5. The van der Waals surface area contributed by atoms with E-state index in [0.717, 1.165) is 12.1 Å². The second-order valence-corrected chi connectivity index (χ2v) is 5.28. The zero-order valence-electron chi connectivity index (χ0n) is 12.5. The van der Waals surface area contributed by atoms with Gasteiger partial charge >= 0.3 is 0 Å². The van der Waals surface area contributed by atoms with Gasteiger partial charge in [0, 0.05) is 12.1 Å². The molecular formula is C17H18N3O2+. The van der Waals surface area contributed by atoms with Gasteiger partial charge in [-0.05, 0) is 24.1 Å². The molecule has 0 spiro atoms. The van der Waals surface area contributed by atoms with Gasteiger partial charge in [0.15, 0.2) is 12.4 Å². The van der Waals surface area contributed by atoms with Gasteiger partial charge in [-0.1, -0.05) is 19.1 Å². The molecule has 1 N–H and O–H groups in total. The van der Waals surface area contributed by atoms with Crippen LogP contribution in [-0.4, -0.2) is 18.4 Å². The molecule has 1 aliphatic rings. The maximum Gasteiger partial charge on any atom is 0.293 e. The van der Waals surface area contributed by atoms with Crippen LogP contribution < -0.4 is 14.8 Å². The largest absolute Gasteiger partial charge is 0.323 e. The molecule has 22 heavy (non-hydrogen) atoms. The van der Waals surface area contributed by atoms with Crippen molar-refractivity contribution in [2.75, 3.05) is 16.8 Å². The number of aromatic nitrogens is 1. The number of hydrogen-bond donors (Lipinski definition) is 1. The number of amides is 2. The van der Waals surface area contributed by atoms with Gasteiger partial charge in [-0.3, -0.25) is 14.5 Å². The summed E-state index contributed by atoms with van der Waals surface area (Å²) >= 11 is 0. The molecule has 0 fully saturated rings. The molecule has 2 heterocycles. The number of carbonyl (C=O) groups excluding carboxylic acids is 2. The van der Waals surface area contributed by atoms with Gasteiger partial charge in [0.1, 0.15) is 6.54 Å². The molecule has 1 aliphatic heterocycles. The average Bonchev–Trinajstić information content (AvgIpc) is 2.54. The number of para-hydroxylation sites is 2. The predicted molar refractivity (Wildman–Crippen MR) is 83.4 cm³/mol. The zero-order valence-corrected chi connectivity index (χ0v) is 12.5. The average molecular weight is 296 g/mol. The minimum atomic E-state index is -0.168. The highest BCUT2D eigenvalue weighted by Crippen LogP contribution is 2.28. The third-order valence-electron chi connectivity index (χ3n) is 3.76. The summed E-state index contributed by atoms with van der Waals surface area (Å²) in [5, 5.41) is 2.78. The molecule has 112 valence electrons. The Bertz CT molecular complexity index is 710. The molecule has 0 saturated heterocycles. The number of pyridine rings is 1. The predicted octanol–water partition coefficient (Wildman–Crippen LogP) is 1.52. The summed E-state index contributed by atoms with van der Waals surface area (Å²) in [5.41, 5.74) is 2.66. The molecule has 0 saturated carbocycles. The Labute approximate surface area is 129 Å². The van der Waals surface area contributed by atoms with Crippen LogP contribution in [0, 0.1) is 0 Å². The van der Waals surface area contributed by atoms with Crippen LogP contribution in [0.3, 0.4) is 0 Å². The van der Waals surface area contributed by atoms with Gasteiger partial charge in [0.05, 0.1) is 11.4 Å². The molecule has 0 unspecified atom stereocenters. The molecule has 0 atom stereocenters. The van der Waals surface area contributed by atoms with Gasteiger partial charge in [0.25, 0.3) is 5.91 Å². The number of rotatable bonds is 3. The van der Waals surface area contributed by atoms with Gasteiger partial charge in [-0.2, -0.15) is 4.57 Å². The van der Waals surface area contributed by atoms with E-state index >= 15 is 0 Å². The summed E-state index contributed by atoms with van der Waals surface area (Å²) in [6.07, 6.45) is 4.76. The third-order valence-corrected chi connectivity index (χ3v) is 3.76. The third kappa shape index (κ3) is 2.83. The fourth-order valence-corrected chi connectivity index (χ4v) is 2.53. The number of carbonyl (C=O) groups is 2. The lowest BCUT2D eigenvalue weighted by Crippen LogP contribution is -2.48. The van der Waals surface area contributed by atoms with Crippen LogP contribution in [0.15, 0.2) is 48.8 Å². The van der Waals surface area contributed by atoms with E-state index in [9.17, 15) is 9.59 Å². The number of fused-ring (bicyclic) bond motifs is 1. The van der Waals surface area contributed by atoms with Crippen LogP contribution in [0.1, 0.15) is 12.5 Å². The summed E-state index contributed by atoms with van der Waals surface area (Å²) in [4.78, 5) is 25.9. The van der Waals surface area contributed by atoms with E-state index in [2.05, 4.69) is 12.2 Å². The first-order chi connectivity index (χ1) is 10.7. The Kier molecular flexibility index (Phi) is 3.87. The maximum atomic E-state index is 12.6. The Hall–Kier alpha value is -2.69.